The van der Waals surface area contributed by atoms with E-state index in [0.29, 0.717) is 41.9 Å². The second kappa shape index (κ2) is 9.13. The van der Waals surface area contributed by atoms with Crippen molar-refractivity contribution >= 4 is 46.5 Å². The molecule has 0 radical (unpaired) electrons. The van der Waals surface area contributed by atoms with Gasteiger partial charge in [-0.3, -0.25) is 9.59 Å². The summed E-state index contributed by atoms with van der Waals surface area (Å²) in [7, 11) is 0. The van der Waals surface area contributed by atoms with Gasteiger partial charge < -0.3 is 31.9 Å². The third kappa shape index (κ3) is 4.77. The van der Waals surface area contributed by atoms with Crippen LogP contribution in [0.15, 0.2) is 24.4 Å². The summed E-state index contributed by atoms with van der Waals surface area (Å²) in [5.41, 5.74) is 15.0. The molecule has 2 aromatic heterocycles. The highest BCUT2D eigenvalue weighted by molar-refractivity contribution is 5.97. The second-order valence-corrected chi connectivity index (χ2v) is 7.81. The number of fused-ring (bicyclic) bond motifs is 2. The maximum absolute atomic E-state index is 12.6. The fourth-order valence-electron chi connectivity index (χ4n) is 3.80. The number of nitrogens with one attached hydrogen (secondary N) is 1. The molecule has 1 aliphatic rings. The Bertz CT molecular complexity index is 1300. The molecule has 13 nitrogen and oxygen atoms in total. The minimum Gasteiger partial charge on any atom is -0.481 e. The summed E-state index contributed by atoms with van der Waals surface area (Å²) >= 11 is 0. The molecule has 176 valence electrons. The number of aromatic nitrogens is 4. The fourth-order valence-corrected chi connectivity index (χ4v) is 3.80. The van der Waals surface area contributed by atoms with E-state index >= 15 is 0 Å². The molecular formula is C21H22N8O5. The zero-order valence-electron chi connectivity index (χ0n) is 17.9. The molecule has 7 N–H and O–H groups in total. The molecular weight excluding hydrogens is 444 g/mol. The number of nitrogens with zero attached hydrogens (tertiary/aromatic N) is 5. The Morgan fingerprint density at radius 3 is 2.68 bits per heavy atom. The third-order valence-electron chi connectivity index (χ3n) is 5.44. The Morgan fingerprint density at radius 2 is 1.94 bits per heavy atom. The van der Waals surface area contributed by atoms with E-state index in [9.17, 15) is 19.5 Å². The summed E-state index contributed by atoms with van der Waals surface area (Å²) in [5.74, 6) is -2.82. The highest BCUT2D eigenvalue weighted by atomic mass is 16.4. The summed E-state index contributed by atoms with van der Waals surface area (Å²) in [4.78, 5) is 53.4. The summed E-state index contributed by atoms with van der Waals surface area (Å²) in [6.45, 7) is 1.13. The van der Waals surface area contributed by atoms with Gasteiger partial charge >= 0.3 is 11.9 Å². The lowest BCUT2D eigenvalue weighted by atomic mass is 10.1. The van der Waals surface area contributed by atoms with Crippen LogP contribution in [0.5, 0.6) is 0 Å². The Balaban J connectivity index is 1.48. The molecule has 1 unspecified atom stereocenters. The summed E-state index contributed by atoms with van der Waals surface area (Å²) < 4.78 is 0. The predicted octanol–water partition coefficient (Wildman–Crippen LogP) is 0.195. The molecule has 0 saturated heterocycles. The van der Waals surface area contributed by atoms with Gasteiger partial charge in [0, 0.05) is 24.2 Å². The highest BCUT2D eigenvalue weighted by Crippen LogP contribution is 2.30. The van der Waals surface area contributed by atoms with Gasteiger partial charge in [-0.1, -0.05) is 0 Å². The number of nitrogens with two attached hydrogens (primary N) is 2. The second-order valence-electron chi connectivity index (χ2n) is 7.81. The van der Waals surface area contributed by atoms with Gasteiger partial charge in [0.05, 0.1) is 18.4 Å². The largest absolute Gasteiger partial charge is 0.481 e. The van der Waals surface area contributed by atoms with Crippen LogP contribution in [-0.2, 0) is 22.6 Å². The number of carboxylic acids is 2. The van der Waals surface area contributed by atoms with Gasteiger partial charge in [0.15, 0.2) is 17.0 Å². The maximum atomic E-state index is 12.6. The van der Waals surface area contributed by atoms with Gasteiger partial charge in [0.1, 0.15) is 6.04 Å². The summed E-state index contributed by atoms with van der Waals surface area (Å²) in [5, 5.41) is 20.4. The van der Waals surface area contributed by atoms with Crippen LogP contribution in [0.4, 0.5) is 17.5 Å². The number of carbonyl (C=O) groups excluding carboxylic acids is 1. The number of amides is 1. The van der Waals surface area contributed by atoms with Crippen molar-refractivity contribution in [3.63, 3.8) is 0 Å². The average Bonchev–Trinajstić information content (AvgIpc) is 3.18. The molecule has 0 bridgehead atoms. The lowest BCUT2D eigenvalue weighted by Crippen LogP contribution is -2.41. The van der Waals surface area contributed by atoms with Crippen LogP contribution in [0.2, 0.25) is 0 Å². The van der Waals surface area contributed by atoms with Crippen molar-refractivity contribution in [2.45, 2.75) is 31.8 Å². The Labute approximate surface area is 192 Å². The zero-order chi connectivity index (χ0) is 24.4. The van der Waals surface area contributed by atoms with Crippen molar-refractivity contribution in [2.75, 3.05) is 22.9 Å². The highest BCUT2D eigenvalue weighted by Gasteiger charge is 2.24. The topological polar surface area (TPSA) is 211 Å². The van der Waals surface area contributed by atoms with Crippen molar-refractivity contribution in [2.24, 2.45) is 0 Å². The minimum absolute atomic E-state index is 0.0249. The van der Waals surface area contributed by atoms with Gasteiger partial charge in [0.25, 0.3) is 5.91 Å². The van der Waals surface area contributed by atoms with E-state index in [-0.39, 0.29) is 24.6 Å². The number of hydrogen-bond donors (Lipinski definition) is 5. The number of aliphatic carboxylic acids is 2. The van der Waals surface area contributed by atoms with Crippen molar-refractivity contribution in [1.82, 2.24) is 25.3 Å². The smallest absolute Gasteiger partial charge is 0.326 e. The Kier molecular flexibility index (Phi) is 6.08. The number of rotatable bonds is 8. The van der Waals surface area contributed by atoms with E-state index in [1.165, 1.54) is 0 Å². The molecule has 3 aromatic rings. The summed E-state index contributed by atoms with van der Waals surface area (Å²) in [6.07, 6.45) is 1.71. The van der Waals surface area contributed by atoms with Crippen LogP contribution in [-0.4, -0.2) is 60.6 Å². The number of hydrogen-bond acceptors (Lipinski definition) is 10. The Hall–Kier alpha value is -4.55. The Morgan fingerprint density at radius 1 is 1.15 bits per heavy atom. The minimum atomic E-state index is -1.29. The van der Waals surface area contributed by atoms with E-state index in [4.69, 9.17) is 16.6 Å². The van der Waals surface area contributed by atoms with E-state index in [2.05, 4.69) is 30.2 Å². The number of anilines is 3. The SMILES string of the molecule is Nc1nc(N)c2nc(CN3CCc4cc(C(=O)NC(CCC(=O)O)C(=O)O)ccc43)cnc2n1. The van der Waals surface area contributed by atoms with Crippen molar-refractivity contribution in [3.05, 3.63) is 41.2 Å². The van der Waals surface area contributed by atoms with E-state index in [1.54, 1.807) is 24.4 Å². The lowest BCUT2D eigenvalue weighted by molar-refractivity contribution is -0.140. The van der Waals surface area contributed by atoms with E-state index < -0.39 is 23.9 Å². The molecule has 13 heteroatoms. The van der Waals surface area contributed by atoms with Gasteiger partial charge in [-0.25, -0.2) is 14.8 Å². The predicted molar refractivity (Wildman–Crippen MR) is 121 cm³/mol. The zero-order valence-corrected chi connectivity index (χ0v) is 17.9. The molecule has 0 fully saturated rings. The molecule has 1 atom stereocenters. The summed E-state index contributed by atoms with van der Waals surface area (Å²) in [6, 6.07) is 3.81. The van der Waals surface area contributed by atoms with Crippen molar-refractivity contribution in [1.29, 1.82) is 0 Å². The van der Waals surface area contributed by atoms with E-state index in [0.717, 1.165) is 11.3 Å². The molecule has 1 amide bonds. The number of carbonyl (C=O) groups is 3. The van der Waals surface area contributed by atoms with Gasteiger partial charge in [-0.05, 0) is 36.6 Å². The van der Waals surface area contributed by atoms with Crippen LogP contribution in [0.3, 0.4) is 0 Å². The first-order valence-electron chi connectivity index (χ1n) is 10.4. The normalized spacial score (nSPS) is 13.5. The van der Waals surface area contributed by atoms with Crippen LogP contribution in [0, 0.1) is 0 Å². The van der Waals surface area contributed by atoms with Crippen LogP contribution in [0.25, 0.3) is 11.2 Å². The monoisotopic (exact) mass is 466 g/mol. The number of benzene rings is 1. The van der Waals surface area contributed by atoms with Crippen LogP contribution in [0.1, 0.15) is 34.5 Å². The molecule has 4 rings (SSSR count). The maximum Gasteiger partial charge on any atom is 0.326 e. The first-order valence-corrected chi connectivity index (χ1v) is 10.4. The molecule has 0 saturated carbocycles. The fraction of sp³-hybridized carbons (Fsp3) is 0.286. The molecule has 34 heavy (non-hydrogen) atoms. The molecule has 1 aromatic carbocycles. The first-order chi connectivity index (χ1) is 16.2. The molecule has 0 aliphatic carbocycles. The first kappa shape index (κ1) is 22.6. The molecule has 1 aliphatic heterocycles. The molecule has 3 heterocycles. The van der Waals surface area contributed by atoms with Gasteiger partial charge in [-0.15, -0.1) is 0 Å². The van der Waals surface area contributed by atoms with E-state index in [1.807, 2.05) is 0 Å². The number of nitrogen functional groups attached to an aromatic ring is 2. The van der Waals surface area contributed by atoms with Crippen LogP contribution >= 0.6 is 0 Å². The van der Waals surface area contributed by atoms with Gasteiger partial charge in [-0.2, -0.15) is 9.97 Å². The van der Waals surface area contributed by atoms with Crippen LogP contribution < -0.4 is 21.7 Å². The third-order valence-corrected chi connectivity index (χ3v) is 5.44. The molecule has 0 spiro atoms. The standard InChI is InChI=1S/C21H22N8O5/c22-17-16-18(28-21(23)27-17)24-8-12(25-16)9-29-6-5-10-7-11(1-3-14(10)29)19(32)26-13(20(33)34)2-4-15(30)31/h1,3,7-8,13H,2,4-6,9H2,(H,26,32)(H,30,31)(H,33,34)(H4,22,23,24,27,28). The van der Waals surface area contributed by atoms with Gasteiger partial charge in [0.2, 0.25) is 5.95 Å². The average molecular weight is 466 g/mol. The van der Waals surface area contributed by atoms with Crippen molar-refractivity contribution < 1.29 is 24.6 Å². The lowest BCUT2D eigenvalue weighted by Gasteiger charge is -2.19. The number of carboxylic acid groups (broad SMARTS) is 2. The quantitative estimate of drug-likeness (QED) is 0.301. The van der Waals surface area contributed by atoms with Crippen molar-refractivity contribution in [3.8, 4) is 0 Å².